The first kappa shape index (κ1) is 9.04. The van der Waals surface area contributed by atoms with Crippen molar-refractivity contribution in [3.05, 3.63) is 34.2 Å². The van der Waals surface area contributed by atoms with E-state index in [1.54, 1.807) is 17.7 Å². The zero-order valence-corrected chi connectivity index (χ0v) is 8.09. The molecule has 0 fully saturated rings. The monoisotopic (exact) mass is 165 g/mol. The number of hydrogen-bond acceptors (Lipinski definition) is 1. The molecular formula is C10H15NO. The zero-order chi connectivity index (χ0) is 9.35. The second kappa shape index (κ2) is 2.77. The predicted octanol–water partition coefficient (Wildman–Crippen LogP) is 1.68. The summed E-state index contributed by atoms with van der Waals surface area (Å²) >= 11 is 0. The van der Waals surface area contributed by atoms with Crippen molar-refractivity contribution < 1.29 is 0 Å². The standard InChI is InChI=1S/C10H15NO/c1-10(2,3)8-5-6-11(4)9(12)7-8/h5-7H,1-4H3. The smallest absolute Gasteiger partial charge is 0.250 e. The number of pyridine rings is 1. The van der Waals surface area contributed by atoms with Crippen LogP contribution < -0.4 is 5.56 Å². The molecule has 0 aromatic carbocycles. The van der Waals surface area contributed by atoms with Gasteiger partial charge in [-0.1, -0.05) is 20.8 Å². The van der Waals surface area contributed by atoms with Crippen molar-refractivity contribution >= 4 is 0 Å². The molecule has 0 saturated heterocycles. The number of aromatic nitrogens is 1. The molecule has 1 rings (SSSR count). The maximum atomic E-state index is 11.2. The minimum Gasteiger partial charge on any atom is -0.319 e. The Morgan fingerprint density at radius 2 is 1.92 bits per heavy atom. The van der Waals surface area contributed by atoms with Crippen molar-refractivity contribution in [3.63, 3.8) is 0 Å². The van der Waals surface area contributed by atoms with Crippen molar-refractivity contribution in [1.82, 2.24) is 4.57 Å². The summed E-state index contributed by atoms with van der Waals surface area (Å²) in [5, 5.41) is 0. The fourth-order valence-corrected chi connectivity index (χ4v) is 1.02. The lowest BCUT2D eigenvalue weighted by Gasteiger charge is -2.18. The van der Waals surface area contributed by atoms with E-state index in [-0.39, 0.29) is 11.0 Å². The van der Waals surface area contributed by atoms with Gasteiger partial charge in [0.25, 0.3) is 5.56 Å². The zero-order valence-electron chi connectivity index (χ0n) is 8.09. The highest BCUT2D eigenvalue weighted by molar-refractivity contribution is 5.19. The van der Waals surface area contributed by atoms with Crippen molar-refractivity contribution in [2.75, 3.05) is 0 Å². The topological polar surface area (TPSA) is 22.0 Å². The average Bonchev–Trinajstić information content (AvgIpc) is 1.92. The third kappa shape index (κ3) is 1.76. The van der Waals surface area contributed by atoms with Gasteiger partial charge in [0.1, 0.15) is 0 Å². The Bertz CT molecular complexity index is 330. The van der Waals surface area contributed by atoms with E-state index in [0.29, 0.717) is 0 Å². The van der Waals surface area contributed by atoms with Crippen LogP contribution in [0.2, 0.25) is 0 Å². The van der Waals surface area contributed by atoms with Gasteiger partial charge < -0.3 is 4.57 Å². The molecule has 1 aromatic heterocycles. The minimum atomic E-state index is 0.0578. The van der Waals surface area contributed by atoms with Gasteiger partial charge in [-0.25, -0.2) is 0 Å². The largest absolute Gasteiger partial charge is 0.319 e. The summed E-state index contributed by atoms with van der Waals surface area (Å²) in [5.74, 6) is 0. The fourth-order valence-electron chi connectivity index (χ4n) is 1.02. The van der Waals surface area contributed by atoms with Crippen LogP contribution in [-0.4, -0.2) is 4.57 Å². The third-order valence-corrected chi connectivity index (χ3v) is 1.97. The molecule has 0 unspecified atom stereocenters. The molecule has 12 heavy (non-hydrogen) atoms. The van der Waals surface area contributed by atoms with E-state index in [2.05, 4.69) is 20.8 Å². The first-order valence-corrected chi connectivity index (χ1v) is 4.08. The van der Waals surface area contributed by atoms with E-state index < -0.39 is 0 Å². The number of aryl methyl sites for hydroxylation is 1. The van der Waals surface area contributed by atoms with Crippen LogP contribution in [0.5, 0.6) is 0 Å². The summed E-state index contributed by atoms with van der Waals surface area (Å²) in [6.07, 6.45) is 1.81. The van der Waals surface area contributed by atoms with Gasteiger partial charge in [-0.3, -0.25) is 4.79 Å². The predicted molar refractivity (Wildman–Crippen MR) is 50.4 cm³/mol. The van der Waals surface area contributed by atoms with Gasteiger partial charge >= 0.3 is 0 Å². The molecule has 0 N–H and O–H groups in total. The molecule has 0 aliphatic heterocycles. The van der Waals surface area contributed by atoms with Crippen LogP contribution in [0, 0.1) is 0 Å². The minimum absolute atomic E-state index is 0.0578. The fraction of sp³-hybridized carbons (Fsp3) is 0.500. The number of rotatable bonds is 0. The molecule has 66 valence electrons. The summed E-state index contributed by atoms with van der Waals surface area (Å²) < 4.78 is 1.58. The van der Waals surface area contributed by atoms with Crippen LogP contribution in [0.15, 0.2) is 23.1 Å². The molecule has 1 aromatic rings. The van der Waals surface area contributed by atoms with Crippen LogP contribution in [-0.2, 0) is 12.5 Å². The molecule has 0 atom stereocenters. The van der Waals surface area contributed by atoms with Gasteiger partial charge in [-0.2, -0.15) is 0 Å². The second-order valence-electron chi connectivity index (χ2n) is 4.11. The highest BCUT2D eigenvalue weighted by Gasteiger charge is 2.13. The average molecular weight is 165 g/mol. The first-order chi connectivity index (χ1) is 5.41. The van der Waals surface area contributed by atoms with Crippen molar-refractivity contribution in [1.29, 1.82) is 0 Å². The highest BCUT2D eigenvalue weighted by Crippen LogP contribution is 2.19. The Kier molecular flexibility index (Phi) is 2.09. The molecular weight excluding hydrogens is 150 g/mol. The molecule has 0 aliphatic carbocycles. The van der Waals surface area contributed by atoms with Gasteiger partial charge in [0.15, 0.2) is 0 Å². The van der Waals surface area contributed by atoms with E-state index in [1.165, 1.54) is 0 Å². The molecule has 2 nitrogen and oxygen atoms in total. The molecule has 0 bridgehead atoms. The number of hydrogen-bond donors (Lipinski definition) is 0. The second-order valence-corrected chi connectivity index (χ2v) is 4.11. The Labute approximate surface area is 72.8 Å². The van der Waals surface area contributed by atoms with Gasteiger partial charge in [-0.15, -0.1) is 0 Å². The Morgan fingerprint density at radius 1 is 1.33 bits per heavy atom. The lowest BCUT2D eigenvalue weighted by molar-refractivity contribution is 0.585. The Hall–Kier alpha value is -1.05. The van der Waals surface area contributed by atoms with Crippen molar-refractivity contribution in [2.45, 2.75) is 26.2 Å². The summed E-state index contributed by atoms with van der Waals surface area (Å²) in [6, 6.07) is 3.68. The maximum Gasteiger partial charge on any atom is 0.250 e. The Morgan fingerprint density at radius 3 is 2.33 bits per heavy atom. The van der Waals surface area contributed by atoms with Crippen LogP contribution in [0.25, 0.3) is 0 Å². The Balaban J connectivity index is 3.23. The van der Waals surface area contributed by atoms with Gasteiger partial charge in [0.2, 0.25) is 0 Å². The lowest BCUT2D eigenvalue weighted by Crippen LogP contribution is -2.20. The van der Waals surface area contributed by atoms with E-state index in [9.17, 15) is 4.79 Å². The maximum absolute atomic E-state index is 11.2. The van der Waals surface area contributed by atoms with E-state index >= 15 is 0 Å². The van der Waals surface area contributed by atoms with Crippen LogP contribution >= 0.6 is 0 Å². The van der Waals surface area contributed by atoms with Gasteiger partial charge in [-0.05, 0) is 17.0 Å². The van der Waals surface area contributed by atoms with E-state index in [4.69, 9.17) is 0 Å². The van der Waals surface area contributed by atoms with E-state index in [1.807, 2.05) is 12.3 Å². The lowest BCUT2D eigenvalue weighted by atomic mass is 9.88. The van der Waals surface area contributed by atoms with Crippen LogP contribution in [0.1, 0.15) is 26.3 Å². The molecule has 0 amide bonds. The summed E-state index contributed by atoms with van der Waals surface area (Å²) in [4.78, 5) is 11.2. The molecule has 2 heteroatoms. The van der Waals surface area contributed by atoms with Crippen molar-refractivity contribution in [2.24, 2.45) is 7.05 Å². The number of nitrogens with zero attached hydrogens (tertiary/aromatic N) is 1. The van der Waals surface area contributed by atoms with Crippen LogP contribution in [0.4, 0.5) is 0 Å². The SMILES string of the molecule is Cn1ccc(C(C)(C)C)cc1=O. The summed E-state index contributed by atoms with van der Waals surface area (Å²) in [6.45, 7) is 6.30. The summed E-state index contributed by atoms with van der Waals surface area (Å²) in [5.41, 5.74) is 1.21. The van der Waals surface area contributed by atoms with Crippen LogP contribution in [0.3, 0.4) is 0 Å². The molecule has 1 heterocycles. The highest BCUT2D eigenvalue weighted by atomic mass is 16.1. The van der Waals surface area contributed by atoms with E-state index in [0.717, 1.165) is 5.56 Å². The third-order valence-electron chi connectivity index (χ3n) is 1.97. The van der Waals surface area contributed by atoms with Gasteiger partial charge in [0.05, 0.1) is 0 Å². The first-order valence-electron chi connectivity index (χ1n) is 4.08. The molecule has 0 aliphatic rings. The molecule has 0 radical (unpaired) electrons. The van der Waals surface area contributed by atoms with Crippen molar-refractivity contribution in [3.8, 4) is 0 Å². The normalized spacial score (nSPS) is 11.7. The quantitative estimate of drug-likeness (QED) is 0.573. The van der Waals surface area contributed by atoms with Gasteiger partial charge in [0, 0.05) is 19.3 Å². The molecule has 0 saturated carbocycles. The molecule has 0 spiro atoms. The summed E-state index contributed by atoms with van der Waals surface area (Å²) in [7, 11) is 1.76.